The van der Waals surface area contributed by atoms with Crippen molar-refractivity contribution in [2.75, 3.05) is 28.2 Å². The second kappa shape index (κ2) is 10.0. The summed E-state index contributed by atoms with van der Waals surface area (Å²) in [4.78, 5) is 6.40. The minimum Gasteiger partial charge on any atom is -0.369 e. The molecular weight excluding hydrogens is 518 g/mol. The number of hydrogen-bond donors (Lipinski definition) is 0. The van der Waals surface area contributed by atoms with Crippen LogP contribution in [0.5, 0.6) is 0 Å². The summed E-state index contributed by atoms with van der Waals surface area (Å²) in [6.45, 7) is 3.54. The Morgan fingerprint density at radius 2 is 1.71 bits per heavy atom. The van der Waals surface area contributed by atoms with E-state index in [9.17, 15) is 26.9 Å². The van der Waals surface area contributed by atoms with Crippen LogP contribution in [0.25, 0.3) is 10.6 Å². The third-order valence-corrected chi connectivity index (χ3v) is 5.72. The first-order chi connectivity index (χ1) is 15.6. The minimum absolute atomic E-state index is 0.244. The van der Waals surface area contributed by atoms with Crippen LogP contribution < -0.4 is 0 Å². The number of rotatable bonds is 7. The molecule has 0 aliphatic carbocycles. The maximum Gasteiger partial charge on any atom is 0.416 e. The average molecular weight is 536 g/mol. The number of aliphatic imine (C=N–C) groups is 1. The van der Waals surface area contributed by atoms with Gasteiger partial charge in [-0.1, -0.05) is 29.8 Å². The molecule has 2 rings (SSSR count). The Bertz CT molecular complexity index is 1300. The lowest BCUT2D eigenvalue weighted by Crippen LogP contribution is -2.11. The van der Waals surface area contributed by atoms with E-state index in [1.165, 1.54) is 16.1 Å². The number of nitrogens with zero attached hydrogens (tertiary/aromatic N) is 7. The number of aromatic nitrogens is 2. The highest BCUT2D eigenvalue weighted by Gasteiger charge is 2.34. The molecule has 0 saturated carbocycles. The number of benzene rings is 1. The van der Waals surface area contributed by atoms with E-state index in [1.807, 2.05) is 0 Å². The molecule has 0 N–H and O–H groups in total. The first kappa shape index (κ1) is 27.2. The molecule has 0 aliphatic heterocycles. The fourth-order valence-electron chi connectivity index (χ4n) is 2.47. The van der Waals surface area contributed by atoms with Crippen molar-refractivity contribution in [3.05, 3.63) is 45.6 Å². The standard InChI is InChI=1S/C19H18Cl2F3N7O2S/c1-11(34(32,33)27-10-30(4)5)16-15(8-25)28-31(18(16)26-9-29(2)3)17-13(20)6-12(7-14(17)21)19(22,23)24/h6-7,9-10H,1H2,2-5H3. The third-order valence-electron chi connectivity index (χ3n) is 3.94. The molecule has 15 heteroatoms. The largest absolute Gasteiger partial charge is 0.416 e. The molecule has 0 radical (unpaired) electrons. The average Bonchev–Trinajstić information content (AvgIpc) is 3.06. The van der Waals surface area contributed by atoms with Crippen LogP contribution in [0.2, 0.25) is 10.0 Å². The second-order valence-electron chi connectivity index (χ2n) is 7.15. The van der Waals surface area contributed by atoms with Crippen LogP contribution in [0.3, 0.4) is 0 Å². The highest BCUT2D eigenvalue weighted by atomic mass is 35.5. The topological polar surface area (TPSA) is 107 Å². The van der Waals surface area contributed by atoms with Gasteiger partial charge in [-0.2, -0.15) is 31.9 Å². The summed E-state index contributed by atoms with van der Waals surface area (Å²) in [5.41, 5.74) is -2.11. The Labute approximate surface area is 204 Å². The number of sulfonamides is 1. The fraction of sp³-hybridized carbons (Fsp3) is 0.263. The smallest absolute Gasteiger partial charge is 0.369 e. The maximum absolute atomic E-state index is 13.2. The van der Waals surface area contributed by atoms with Gasteiger partial charge in [-0.15, -0.1) is 4.40 Å². The van der Waals surface area contributed by atoms with E-state index in [0.717, 1.165) is 11.0 Å². The molecule has 0 unspecified atom stereocenters. The SMILES string of the molecule is C=C(c1c(C#N)nn(-c2c(Cl)cc(C(F)(F)F)cc2Cl)c1N=CN(C)C)S(=O)(=O)N=CN(C)C. The molecule has 0 spiro atoms. The normalized spacial score (nSPS) is 12.4. The third kappa shape index (κ3) is 5.88. The Balaban J connectivity index is 2.90. The van der Waals surface area contributed by atoms with Crippen molar-refractivity contribution in [2.45, 2.75) is 6.18 Å². The van der Waals surface area contributed by atoms with Gasteiger partial charge in [0.2, 0.25) is 0 Å². The van der Waals surface area contributed by atoms with Gasteiger partial charge in [-0.25, -0.2) is 9.67 Å². The summed E-state index contributed by atoms with van der Waals surface area (Å²) in [5.74, 6) is -0.262. The van der Waals surface area contributed by atoms with Gasteiger partial charge in [0.1, 0.15) is 18.1 Å². The van der Waals surface area contributed by atoms with Crippen molar-refractivity contribution in [2.24, 2.45) is 9.39 Å². The minimum atomic E-state index is -4.72. The predicted molar refractivity (Wildman–Crippen MR) is 125 cm³/mol. The van der Waals surface area contributed by atoms with Gasteiger partial charge in [-0.3, -0.25) is 0 Å². The van der Waals surface area contributed by atoms with Crippen LogP contribution in [-0.4, -0.2) is 68.9 Å². The summed E-state index contributed by atoms with van der Waals surface area (Å²) >= 11 is 12.2. The van der Waals surface area contributed by atoms with Gasteiger partial charge < -0.3 is 9.80 Å². The zero-order chi connectivity index (χ0) is 26.0. The predicted octanol–water partition coefficient (Wildman–Crippen LogP) is 4.18. The molecular formula is C19H18Cl2F3N7O2S. The zero-order valence-electron chi connectivity index (χ0n) is 18.3. The quantitative estimate of drug-likeness (QED) is 0.388. The molecule has 34 heavy (non-hydrogen) atoms. The van der Waals surface area contributed by atoms with Crippen LogP contribution in [0.1, 0.15) is 16.8 Å². The maximum atomic E-state index is 13.2. The molecule has 0 aliphatic rings. The van der Waals surface area contributed by atoms with E-state index < -0.39 is 42.4 Å². The summed E-state index contributed by atoms with van der Waals surface area (Å²) in [6.07, 6.45) is -2.45. The molecule has 1 aromatic heterocycles. The van der Waals surface area contributed by atoms with E-state index in [2.05, 4.69) is 21.1 Å². The fourth-order valence-corrected chi connectivity index (χ4v) is 4.00. The summed E-state index contributed by atoms with van der Waals surface area (Å²) in [5, 5.41) is 12.7. The number of nitriles is 1. The lowest BCUT2D eigenvalue weighted by molar-refractivity contribution is -0.137. The van der Waals surface area contributed by atoms with Crippen molar-refractivity contribution in [3.63, 3.8) is 0 Å². The molecule has 0 amide bonds. The molecule has 2 aromatic rings. The molecule has 9 nitrogen and oxygen atoms in total. The summed E-state index contributed by atoms with van der Waals surface area (Å²) in [7, 11) is 1.92. The van der Waals surface area contributed by atoms with E-state index in [-0.39, 0.29) is 17.1 Å². The lowest BCUT2D eigenvalue weighted by atomic mass is 10.2. The van der Waals surface area contributed by atoms with Gasteiger partial charge in [0.05, 0.1) is 32.4 Å². The van der Waals surface area contributed by atoms with Crippen molar-refractivity contribution in [1.82, 2.24) is 19.6 Å². The van der Waals surface area contributed by atoms with Gasteiger partial charge >= 0.3 is 6.18 Å². The Kier molecular flexibility index (Phi) is 8.02. The van der Waals surface area contributed by atoms with E-state index in [1.54, 1.807) is 34.3 Å². The van der Waals surface area contributed by atoms with Crippen molar-refractivity contribution in [3.8, 4) is 11.8 Å². The van der Waals surface area contributed by atoms with Crippen LogP contribution in [0, 0.1) is 11.3 Å². The first-order valence-electron chi connectivity index (χ1n) is 9.06. The van der Waals surface area contributed by atoms with Gasteiger partial charge in [0.15, 0.2) is 11.5 Å². The molecule has 0 atom stereocenters. The second-order valence-corrected chi connectivity index (χ2v) is 9.62. The number of halogens is 5. The summed E-state index contributed by atoms with van der Waals surface area (Å²) < 4.78 is 69.3. The van der Waals surface area contributed by atoms with E-state index in [0.29, 0.717) is 12.1 Å². The summed E-state index contributed by atoms with van der Waals surface area (Å²) in [6, 6.07) is 2.99. The first-order valence-corrected chi connectivity index (χ1v) is 11.3. The van der Waals surface area contributed by atoms with Gasteiger partial charge in [-0.05, 0) is 12.1 Å². The lowest BCUT2D eigenvalue weighted by Gasteiger charge is -2.14. The van der Waals surface area contributed by atoms with Crippen molar-refractivity contribution >= 4 is 56.6 Å². The van der Waals surface area contributed by atoms with Gasteiger partial charge in [0.25, 0.3) is 10.0 Å². The molecule has 0 fully saturated rings. The molecule has 1 heterocycles. The molecule has 0 bridgehead atoms. The van der Waals surface area contributed by atoms with E-state index >= 15 is 0 Å². The Morgan fingerprint density at radius 3 is 2.15 bits per heavy atom. The number of hydrogen-bond acceptors (Lipinski definition) is 5. The van der Waals surface area contributed by atoms with Crippen molar-refractivity contribution < 1.29 is 21.6 Å². The van der Waals surface area contributed by atoms with Crippen LogP contribution in [0.4, 0.5) is 19.0 Å². The molecule has 182 valence electrons. The van der Waals surface area contributed by atoms with Crippen molar-refractivity contribution in [1.29, 1.82) is 5.26 Å². The van der Waals surface area contributed by atoms with E-state index in [4.69, 9.17) is 23.2 Å². The molecule has 0 saturated heterocycles. The Morgan fingerprint density at radius 1 is 1.18 bits per heavy atom. The monoisotopic (exact) mass is 535 g/mol. The van der Waals surface area contributed by atoms with Crippen LogP contribution in [0.15, 0.2) is 28.1 Å². The zero-order valence-corrected chi connectivity index (χ0v) is 20.6. The Hall–Kier alpha value is -3.08. The van der Waals surface area contributed by atoms with Crippen LogP contribution >= 0.6 is 23.2 Å². The number of alkyl halides is 3. The highest BCUT2D eigenvalue weighted by molar-refractivity contribution is 7.99. The highest BCUT2D eigenvalue weighted by Crippen LogP contribution is 2.41. The van der Waals surface area contributed by atoms with Gasteiger partial charge in [0, 0.05) is 28.2 Å². The van der Waals surface area contributed by atoms with Crippen LogP contribution in [-0.2, 0) is 16.2 Å². The molecule has 1 aromatic carbocycles.